The topological polar surface area (TPSA) is 169 Å². The molecule has 1 heterocycles. The number of unbranched alkanes of at least 4 members (excludes halogenated alkanes) is 27. The average Bonchev–Trinajstić information content (AvgIpc) is 3.24. The summed E-state index contributed by atoms with van der Waals surface area (Å²) in [5, 5.41) is 64.8. The molecule has 350 valence electrons. The first-order chi connectivity index (χ1) is 28.7. The number of amides is 1. The normalized spacial score (nSPS) is 21.8. The Balaban J connectivity index is 2.35. The van der Waals surface area contributed by atoms with E-state index in [1.165, 1.54) is 154 Å². The van der Waals surface area contributed by atoms with E-state index in [0.717, 1.165) is 50.9 Å². The lowest BCUT2D eigenvalue weighted by Gasteiger charge is -2.40. The van der Waals surface area contributed by atoms with Crippen molar-refractivity contribution in [2.75, 3.05) is 13.2 Å². The predicted octanol–water partition coefficient (Wildman–Crippen LogP) is 9.72. The Morgan fingerprint density at radius 3 is 1.53 bits per heavy atom. The van der Waals surface area contributed by atoms with E-state index >= 15 is 0 Å². The van der Waals surface area contributed by atoms with Gasteiger partial charge in [-0.3, -0.25) is 4.79 Å². The van der Waals surface area contributed by atoms with Crippen molar-refractivity contribution in [3.8, 4) is 0 Å². The van der Waals surface area contributed by atoms with Crippen molar-refractivity contribution in [2.24, 2.45) is 5.92 Å². The predicted molar refractivity (Wildman–Crippen MR) is 241 cm³/mol. The molecular weight excluding hydrogens is 747 g/mol. The van der Waals surface area contributed by atoms with E-state index in [0.29, 0.717) is 6.42 Å². The van der Waals surface area contributed by atoms with Gasteiger partial charge in [0.2, 0.25) is 5.91 Å². The van der Waals surface area contributed by atoms with Gasteiger partial charge in [0.15, 0.2) is 6.29 Å². The van der Waals surface area contributed by atoms with Crippen LogP contribution in [-0.4, -0.2) is 98.7 Å². The minimum atomic E-state index is -1.61. The third-order valence-electron chi connectivity index (χ3n) is 12.5. The second-order valence-corrected chi connectivity index (χ2v) is 18.0. The van der Waals surface area contributed by atoms with E-state index in [1.807, 2.05) is 6.08 Å². The fourth-order valence-electron chi connectivity index (χ4n) is 8.02. The maximum absolute atomic E-state index is 13.1. The molecule has 10 nitrogen and oxygen atoms in total. The highest BCUT2D eigenvalue weighted by Crippen LogP contribution is 2.23. The minimum Gasteiger partial charge on any atom is -0.394 e. The summed E-state index contributed by atoms with van der Waals surface area (Å²) in [6.07, 6.45) is 33.0. The number of aliphatic hydroxyl groups excluding tert-OH is 6. The van der Waals surface area contributed by atoms with E-state index in [4.69, 9.17) is 9.47 Å². The number of carbonyl (C=O) groups excluding carboxylic acids is 1. The van der Waals surface area contributed by atoms with Gasteiger partial charge in [-0.2, -0.15) is 0 Å². The van der Waals surface area contributed by atoms with Crippen LogP contribution in [0.5, 0.6) is 0 Å². The van der Waals surface area contributed by atoms with E-state index in [9.17, 15) is 35.4 Å². The molecule has 59 heavy (non-hydrogen) atoms. The molecule has 1 aliphatic heterocycles. The first-order valence-corrected chi connectivity index (χ1v) is 24.9. The van der Waals surface area contributed by atoms with Crippen molar-refractivity contribution in [1.82, 2.24) is 5.32 Å². The van der Waals surface area contributed by atoms with Gasteiger partial charge >= 0.3 is 0 Å². The highest BCUT2D eigenvalue weighted by atomic mass is 16.7. The number of hydrogen-bond donors (Lipinski definition) is 7. The fraction of sp³-hybridized carbons (Fsp3) is 0.939. The molecule has 1 saturated heterocycles. The lowest BCUT2D eigenvalue weighted by molar-refractivity contribution is -0.302. The van der Waals surface area contributed by atoms with Crippen LogP contribution in [0, 0.1) is 5.92 Å². The van der Waals surface area contributed by atoms with Gasteiger partial charge in [0.1, 0.15) is 30.5 Å². The number of carbonyl (C=O) groups is 1. The summed E-state index contributed by atoms with van der Waals surface area (Å²) >= 11 is 0. The van der Waals surface area contributed by atoms with Crippen LogP contribution in [0.25, 0.3) is 0 Å². The van der Waals surface area contributed by atoms with Crippen LogP contribution >= 0.6 is 0 Å². The zero-order valence-corrected chi connectivity index (χ0v) is 38.3. The Morgan fingerprint density at radius 2 is 1.07 bits per heavy atom. The SMILES string of the molecule is CCCCCCCCCCCCCCCCCCCCCC[C@@H](O)C(=O)N[C@@H](CO[C@@H]1O[C@H](CO)[C@@H](O)[C@H](O)[C@H]1O)[C@H](O)/C=C/CCCCCCCCCCC(C)CC. The van der Waals surface area contributed by atoms with Gasteiger partial charge in [-0.05, 0) is 25.2 Å². The highest BCUT2D eigenvalue weighted by Gasteiger charge is 2.44. The largest absolute Gasteiger partial charge is 0.394 e. The smallest absolute Gasteiger partial charge is 0.249 e. The van der Waals surface area contributed by atoms with Crippen molar-refractivity contribution in [3.05, 3.63) is 12.2 Å². The van der Waals surface area contributed by atoms with E-state index in [2.05, 4.69) is 26.1 Å². The van der Waals surface area contributed by atoms with Crippen LogP contribution in [0.1, 0.15) is 226 Å². The summed E-state index contributed by atoms with van der Waals surface area (Å²) in [6.45, 7) is 5.96. The number of allylic oxidation sites excluding steroid dienone is 1. The van der Waals surface area contributed by atoms with Gasteiger partial charge in [0.25, 0.3) is 0 Å². The van der Waals surface area contributed by atoms with Gasteiger partial charge in [-0.25, -0.2) is 0 Å². The Labute approximate surface area is 361 Å². The molecule has 9 atom stereocenters. The average molecular weight is 842 g/mol. The number of ether oxygens (including phenoxy) is 2. The molecule has 0 saturated carbocycles. The van der Waals surface area contributed by atoms with Gasteiger partial charge in [-0.15, -0.1) is 0 Å². The first-order valence-electron chi connectivity index (χ1n) is 24.9. The third-order valence-corrected chi connectivity index (χ3v) is 12.5. The number of nitrogens with one attached hydrogen (secondary N) is 1. The lowest BCUT2D eigenvalue weighted by Crippen LogP contribution is -2.60. The maximum Gasteiger partial charge on any atom is 0.249 e. The van der Waals surface area contributed by atoms with Crippen LogP contribution in [0.4, 0.5) is 0 Å². The van der Waals surface area contributed by atoms with Crippen molar-refractivity contribution in [3.63, 3.8) is 0 Å². The quantitative estimate of drug-likeness (QED) is 0.0234. The molecule has 0 aromatic rings. The standard InChI is InChI=1S/C49H95NO9/c1-4-6-7-8-9-10-11-12-13-14-15-16-17-18-19-20-25-28-31-34-37-43(53)48(57)50-41(39-58-49-47(56)46(55)45(54)44(38-51)59-49)42(52)36-33-30-27-24-22-21-23-26-29-32-35-40(3)5-2/h33,36,40-47,49,51-56H,4-32,34-35,37-39H2,1-3H3,(H,50,57)/b36-33+/t40?,41-,42+,43+,44+,45+,46-,47+,49+/m0/s1. The van der Waals surface area contributed by atoms with Crippen LogP contribution < -0.4 is 5.32 Å². The summed E-state index contributed by atoms with van der Waals surface area (Å²) in [7, 11) is 0. The Bertz CT molecular complexity index is 968. The first kappa shape index (κ1) is 55.9. The lowest BCUT2D eigenvalue weighted by atomic mass is 9.99. The van der Waals surface area contributed by atoms with E-state index in [1.54, 1.807) is 6.08 Å². The van der Waals surface area contributed by atoms with Gasteiger partial charge in [-0.1, -0.05) is 219 Å². The maximum atomic E-state index is 13.1. The molecule has 0 radical (unpaired) electrons. The summed E-state index contributed by atoms with van der Waals surface area (Å²) in [5.41, 5.74) is 0. The van der Waals surface area contributed by atoms with Crippen molar-refractivity contribution >= 4 is 5.91 Å². The second kappa shape index (κ2) is 38.6. The van der Waals surface area contributed by atoms with E-state index in [-0.39, 0.29) is 6.61 Å². The molecule has 1 aliphatic rings. The number of rotatable bonds is 41. The van der Waals surface area contributed by atoms with Gasteiger partial charge in [0.05, 0.1) is 25.4 Å². The van der Waals surface area contributed by atoms with Crippen LogP contribution in [0.2, 0.25) is 0 Å². The molecule has 0 aromatic carbocycles. The molecule has 1 amide bonds. The highest BCUT2D eigenvalue weighted by molar-refractivity contribution is 5.80. The molecule has 1 rings (SSSR count). The van der Waals surface area contributed by atoms with Gasteiger partial charge < -0.3 is 45.4 Å². The van der Waals surface area contributed by atoms with Crippen LogP contribution in [0.15, 0.2) is 12.2 Å². The summed E-state index contributed by atoms with van der Waals surface area (Å²) in [6, 6.07) is -0.976. The van der Waals surface area contributed by atoms with Crippen molar-refractivity contribution in [1.29, 1.82) is 0 Å². The van der Waals surface area contributed by atoms with Gasteiger partial charge in [0, 0.05) is 0 Å². The Kier molecular flexibility index (Phi) is 36.5. The molecule has 0 aromatic heterocycles. The Morgan fingerprint density at radius 1 is 0.627 bits per heavy atom. The third kappa shape index (κ3) is 29.0. The molecule has 10 heteroatoms. The molecule has 1 fully saturated rings. The van der Waals surface area contributed by atoms with Crippen molar-refractivity contribution < 1.29 is 44.9 Å². The molecule has 1 unspecified atom stereocenters. The van der Waals surface area contributed by atoms with Crippen molar-refractivity contribution in [2.45, 2.75) is 275 Å². The zero-order chi connectivity index (χ0) is 43.4. The molecule has 7 N–H and O–H groups in total. The summed E-state index contributed by atoms with van der Waals surface area (Å²) in [4.78, 5) is 13.1. The number of hydrogen-bond acceptors (Lipinski definition) is 9. The summed E-state index contributed by atoms with van der Waals surface area (Å²) < 4.78 is 11.2. The van der Waals surface area contributed by atoms with E-state index < -0.39 is 61.5 Å². The molecule has 0 spiro atoms. The van der Waals surface area contributed by atoms with Crippen LogP contribution in [0.3, 0.4) is 0 Å². The molecular formula is C49H95NO9. The number of aliphatic hydroxyl groups is 6. The van der Waals surface area contributed by atoms with Crippen LogP contribution in [-0.2, 0) is 14.3 Å². The fourth-order valence-corrected chi connectivity index (χ4v) is 8.02. The summed E-state index contributed by atoms with van der Waals surface area (Å²) in [5.74, 6) is 0.218. The molecule has 0 bridgehead atoms. The minimum absolute atomic E-state index is 0.302. The second-order valence-electron chi connectivity index (χ2n) is 18.0. The monoisotopic (exact) mass is 842 g/mol. The molecule has 0 aliphatic carbocycles. The Hall–Kier alpha value is -1.11. The zero-order valence-electron chi connectivity index (χ0n) is 38.3.